The fraction of sp³-hybridized carbons (Fsp3) is 0.429. The van der Waals surface area contributed by atoms with Crippen LogP contribution in [0.3, 0.4) is 0 Å². The van der Waals surface area contributed by atoms with Crippen molar-refractivity contribution in [1.29, 1.82) is 0 Å². The summed E-state index contributed by atoms with van der Waals surface area (Å²) in [5.41, 5.74) is 2.26. The Hall–Kier alpha value is -3.56. The smallest absolute Gasteiger partial charge is 0.253 e. The van der Waals surface area contributed by atoms with Crippen molar-refractivity contribution in [1.82, 2.24) is 35.0 Å². The van der Waals surface area contributed by atoms with Crippen molar-refractivity contribution in [2.75, 3.05) is 32.8 Å². The highest BCUT2D eigenvalue weighted by atomic mass is 16.5. The molecule has 2 aromatic heterocycles. The quantitative estimate of drug-likeness (QED) is 0.414. The number of benzene rings is 2. The third-order valence-electron chi connectivity index (χ3n) is 6.84. The van der Waals surface area contributed by atoms with Crippen LogP contribution in [0.2, 0.25) is 0 Å². The van der Waals surface area contributed by atoms with Gasteiger partial charge in [-0.2, -0.15) is 0 Å². The average molecular weight is 502 g/mol. The number of tetrazole rings is 1. The molecule has 0 unspecified atom stereocenters. The molecule has 194 valence electrons. The summed E-state index contributed by atoms with van der Waals surface area (Å²) in [6.07, 6.45) is 0. The first kappa shape index (κ1) is 25.1. The van der Waals surface area contributed by atoms with Gasteiger partial charge in [0.1, 0.15) is 11.8 Å². The Balaban J connectivity index is 1.51. The number of rotatable bonds is 7. The van der Waals surface area contributed by atoms with E-state index >= 15 is 0 Å². The molecule has 0 spiro atoms. The van der Waals surface area contributed by atoms with Gasteiger partial charge in [0.2, 0.25) is 0 Å². The maximum Gasteiger partial charge on any atom is 0.253 e. The number of aromatic nitrogens is 5. The number of nitrogens with one attached hydrogen (secondary N) is 1. The Labute approximate surface area is 217 Å². The van der Waals surface area contributed by atoms with Crippen molar-refractivity contribution < 1.29 is 4.74 Å². The lowest BCUT2D eigenvalue weighted by Gasteiger charge is -2.39. The molecule has 1 fully saturated rings. The average Bonchev–Trinajstić information content (AvgIpc) is 3.37. The van der Waals surface area contributed by atoms with Crippen LogP contribution in [0, 0.1) is 0 Å². The molecule has 2 aromatic carbocycles. The lowest BCUT2D eigenvalue weighted by molar-refractivity contribution is 0.0975. The zero-order valence-corrected chi connectivity index (χ0v) is 22.0. The molecule has 9 heteroatoms. The molecule has 9 nitrogen and oxygen atoms in total. The minimum Gasteiger partial charge on any atom is -0.494 e. The molecule has 0 aliphatic carbocycles. The number of fused-ring (bicyclic) bond motifs is 1. The van der Waals surface area contributed by atoms with E-state index in [1.165, 1.54) is 5.56 Å². The molecule has 37 heavy (non-hydrogen) atoms. The molecular formula is C28H35N7O2. The maximum absolute atomic E-state index is 13.5. The van der Waals surface area contributed by atoms with Crippen molar-refractivity contribution in [3.05, 3.63) is 81.9 Å². The summed E-state index contributed by atoms with van der Waals surface area (Å²) in [4.78, 5) is 21.4. The minimum absolute atomic E-state index is 0.128. The highest BCUT2D eigenvalue weighted by Gasteiger charge is 2.35. The minimum atomic E-state index is -0.378. The SMILES string of the molecule is CCOc1ccc2[nH]c(=O)c([C@H](c3nnnn3C(C)(C)C)N3CCN(Cc4ccccc4)CC3)cc2c1. The molecule has 1 aliphatic rings. The molecule has 1 saturated heterocycles. The molecule has 0 saturated carbocycles. The van der Waals surface area contributed by atoms with E-state index in [9.17, 15) is 4.79 Å². The molecule has 0 radical (unpaired) electrons. The van der Waals surface area contributed by atoms with E-state index < -0.39 is 0 Å². The predicted octanol–water partition coefficient (Wildman–Crippen LogP) is 3.58. The zero-order valence-electron chi connectivity index (χ0n) is 22.0. The summed E-state index contributed by atoms with van der Waals surface area (Å²) in [7, 11) is 0. The largest absolute Gasteiger partial charge is 0.494 e. The van der Waals surface area contributed by atoms with Gasteiger partial charge in [0.05, 0.1) is 12.1 Å². The molecule has 1 atom stereocenters. The van der Waals surface area contributed by atoms with Crippen LogP contribution in [0.4, 0.5) is 0 Å². The van der Waals surface area contributed by atoms with Gasteiger partial charge in [0.25, 0.3) is 5.56 Å². The number of hydrogen-bond donors (Lipinski definition) is 1. The van der Waals surface area contributed by atoms with Crippen molar-refractivity contribution in [3.8, 4) is 5.75 Å². The standard InChI is InChI=1S/C28H35N7O2/c1-5-37-22-11-12-24-21(17-22)18-23(27(36)29-24)25(26-30-31-32-35(26)28(2,3)4)34-15-13-33(14-16-34)19-20-9-7-6-8-10-20/h6-12,17-18,25H,5,13-16,19H2,1-4H3,(H,29,36)/t25-/m1/s1. The summed E-state index contributed by atoms with van der Waals surface area (Å²) in [6, 6.07) is 17.9. The van der Waals surface area contributed by atoms with Crippen molar-refractivity contribution in [3.63, 3.8) is 0 Å². The second-order valence-electron chi connectivity index (χ2n) is 10.6. The first-order chi connectivity index (χ1) is 17.8. The van der Waals surface area contributed by atoms with E-state index in [-0.39, 0.29) is 17.1 Å². The monoisotopic (exact) mass is 501 g/mol. The van der Waals surface area contributed by atoms with Gasteiger partial charge >= 0.3 is 0 Å². The van der Waals surface area contributed by atoms with E-state index in [4.69, 9.17) is 4.74 Å². The number of piperazine rings is 1. The second kappa shape index (κ2) is 10.4. The third kappa shape index (κ3) is 5.42. The van der Waals surface area contributed by atoms with Crippen LogP contribution in [-0.4, -0.2) is 67.8 Å². The van der Waals surface area contributed by atoms with Crippen LogP contribution in [0.1, 0.15) is 50.7 Å². The molecule has 1 N–H and O–H groups in total. The third-order valence-corrected chi connectivity index (χ3v) is 6.84. The summed E-state index contributed by atoms with van der Waals surface area (Å²) in [5, 5.41) is 13.7. The van der Waals surface area contributed by atoms with E-state index in [2.05, 4.69) is 75.3 Å². The Morgan fingerprint density at radius 1 is 1.03 bits per heavy atom. The molecule has 4 aromatic rings. The molecule has 0 bridgehead atoms. The summed E-state index contributed by atoms with van der Waals surface area (Å²) < 4.78 is 7.55. The molecule has 5 rings (SSSR count). The molecule has 0 amide bonds. The van der Waals surface area contributed by atoms with Gasteiger partial charge in [-0.1, -0.05) is 30.3 Å². The normalized spacial score (nSPS) is 16.2. The number of hydrogen-bond acceptors (Lipinski definition) is 7. The number of nitrogens with zero attached hydrogens (tertiary/aromatic N) is 6. The molecular weight excluding hydrogens is 466 g/mol. The van der Waals surface area contributed by atoms with E-state index in [0.717, 1.165) is 49.4 Å². The van der Waals surface area contributed by atoms with Crippen molar-refractivity contribution >= 4 is 10.9 Å². The van der Waals surface area contributed by atoms with Crippen LogP contribution in [0.25, 0.3) is 10.9 Å². The zero-order chi connectivity index (χ0) is 26.0. The first-order valence-electron chi connectivity index (χ1n) is 12.9. The fourth-order valence-corrected chi connectivity index (χ4v) is 5.02. The molecule has 3 heterocycles. The highest BCUT2D eigenvalue weighted by molar-refractivity contribution is 5.80. The fourth-order valence-electron chi connectivity index (χ4n) is 5.02. The number of H-pyrrole nitrogens is 1. The van der Waals surface area contributed by atoms with Gasteiger partial charge in [0.15, 0.2) is 5.82 Å². The summed E-state index contributed by atoms with van der Waals surface area (Å²) in [6.45, 7) is 13.0. The predicted molar refractivity (Wildman–Crippen MR) is 144 cm³/mol. The lowest BCUT2D eigenvalue weighted by Crippen LogP contribution is -2.49. The summed E-state index contributed by atoms with van der Waals surface area (Å²) in [5.74, 6) is 1.45. The van der Waals surface area contributed by atoms with Crippen molar-refractivity contribution in [2.45, 2.75) is 45.8 Å². The van der Waals surface area contributed by atoms with Crippen LogP contribution < -0.4 is 10.3 Å². The van der Waals surface area contributed by atoms with E-state index in [1.54, 1.807) is 0 Å². The van der Waals surface area contributed by atoms with Crippen LogP contribution in [0.15, 0.2) is 59.4 Å². The van der Waals surface area contributed by atoms with E-state index in [1.807, 2.05) is 41.9 Å². The Kier molecular flexibility index (Phi) is 7.08. The van der Waals surface area contributed by atoms with E-state index in [0.29, 0.717) is 18.0 Å². The Morgan fingerprint density at radius 3 is 2.49 bits per heavy atom. The van der Waals surface area contributed by atoms with Crippen LogP contribution in [0.5, 0.6) is 5.75 Å². The van der Waals surface area contributed by atoms with Crippen LogP contribution in [-0.2, 0) is 12.1 Å². The second-order valence-corrected chi connectivity index (χ2v) is 10.6. The topological polar surface area (TPSA) is 92.2 Å². The van der Waals surface area contributed by atoms with Crippen molar-refractivity contribution in [2.24, 2.45) is 0 Å². The van der Waals surface area contributed by atoms with Crippen LogP contribution >= 0.6 is 0 Å². The van der Waals surface area contributed by atoms with Gasteiger partial charge in [-0.15, -0.1) is 5.10 Å². The van der Waals surface area contributed by atoms with Gasteiger partial charge in [-0.05, 0) is 68.0 Å². The van der Waals surface area contributed by atoms with Gasteiger partial charge < -0.3 is 9.72 Å². The van der Waals surface area contributed by atoms with Gasteiger partial charge in [-0.3, -0.25) is 14.6 Å². The van der Waals surface area contributed by atoms with Gasteiger partial charge in [0, 0.05) is 49.2 Å². The first-order valence-corrected chi connectivity index (χ1v) is 12.9. The summed E-state index contributed by atoms with van der Waals surface area (Å²) >= 11 is 0. The molecule has 1 aliphatic heterocycles. The maximum atomic E-state index is 13.5. The Morgan fingerprint density at radius 2 is 1.78 bits per heavy atom. The van der Waals surface area contributed by atoms with Gasteiger partial charge in [-0.25, -0.2) is 4.68 Å². The number of aromatic amines is 1. The lowest BCUT2D eigenvalue weighted by atomic mass is 10.0. The Bertz CT molecular complexity index is 1400. The number of ether oxygens (including phenoxy) is 1. The number of pyridine rings is 1. The highest BCUT2D eigenvalue weighted by Crippen LogP contribution is 2.31.